The molecule has 1 amide bonds. The number of benzene rings is 1. The molecule has 7 heteroatoms. The Morgan fingerprint density at radius 1 is 1.26 bits per heavy atom. The maximum atomic E-state index is 13.1. The third-order valence-corrected chi connectivity index (χ3v) is 5.71. The molecule has 1 aliphatic heterocycles. The van der Waals surface area contributed by atoms with E-state index in [4.69, 9.17) is 4.74 Å². The molecule has 1 fully saturated rings. The van der Waals surface area contributed by atoms with Gasteiger partial charge < -0.3 is 14.7 Å². The molecule has 2 N–H and O–H groups in total. The van der Waals surface area contributed by atoms with E-state index in [1.165, 1.54) is 0 Å². The van der Waals surface area contributed by atoms with E-state index in [-0.39, 0.29) is 18.4 Å². The van der Waals surface area contributed by atoms with Crippen molar-refractivity contribution in [2.75, 3.05) is 20.2 Å². The average molecular weight is 369 g/mol. The number of amides is 1. The summed E-state index contributed by atoms with van der Waals surface area (Å²) in [4.78, 5) is 26.5. The largest absolute Gasteiger partial charge is 0.497 e. The number of rotatable bonds is 4. The van der Waals surface area contributed by atoms with E-state index in [1.807, 2.05) is 24.3 Å². The van der Waals surface area contributed by atoms with Gasteiger partial charge in [0.25, 0.3) is 5.91 Å². The number of H-pyrrole nitrogens is 1. The summed E-state index contributed by atoms with van der Waals surface area (Å²) in [5.74, 6) is -1.29. The molecular formula is C20H23N3O4. The van der Waals surface area contributed by atoms with Gasteiger partial charge in [0.15, 0.2) is 5.69 Å². The molecule has 1 aromatic carbocycles. The highest BCUT2D eigenvalue weighted by Gasteiger charge is 2.41. The highest BCUT2D eigenvalue weighted by atomic mass is 16.5. The Hall–Kier alpha value is -2.83. The molecule has 142 valence electrons. The molecule has 0 saturated carbocycles. The summed E-state index contributed by atoms with van der Waals surface area (Å²) in [6, 6.07) is 7.42. The van der Waals surface area contributed by atoms with Crippen LogP contribution >= 0.6 is 0 Å². The summed E-state index contributed by atoms with van der Waals surface area (Å²) < 4.78 is 5.26. The normalized spacial score (nSPS) is 21.7. The first-order chi connectivity index (χ1) is 13.1. The van der Waals surface area contributed by atoms with Gasteiger partial charge in [-0.3, -0.25) is 14.7 Å². The first kappa shape index (κ1) is 17.6. The second kappa shape index (κ2) is 7.06. The Morgan fingerprint density at radius 2 is 2.07 bits per heavy atom. The van der Waals surface area contributed by atoms with Gasteiger partial charge in [-0.2, -0.15) is 5.10 Å². The fourth-order valence-electron chi connectivity index (χ4n) is 4.24. The van der Waals surface area contributed by atoms with E-state index in [1.54, 1.807) is 12.0 Å². The van der Waals surface area contributed by atoms with Gasteiger partial charge in [0, 0.05) is 30.3 Å². The number of carboxylic acid groups (broad SMARTS) is 1. The molecule has 4 rings (SSSR count). The zero-order valence-corrected chi connectivity index (χ0v) is 15.3. The number of carbonyl (C=O) groups excluding carboxylic acids is 1. The number of fused-ring (bicyclic) bond motifs is 1. The van der Waals surface area contributed by atoms with Gasteiger partial charge in [-0.1, -0.05) is 12.1 Å². The molecular weight excluding hydrogens is 346 g/mol. The van der Waals surface area contributed by atoms with Gasteiger partial charge in [-0.15, -0.1) is 0 Å². The Morgan fingerprint density at radius 3 is 2.85 bits per heavy atom. The van der Waals surface area contributed by atoms with Crippen LogP contribution in [0.2, 0.25) is 0 Å². The van der Waals surface area contributed by atoms with Crippen LogP contribution in [0.4, 0.5) is 0 Å². The van der Waals surface area contributed by atoms with E-state index in [0.29, 0.717) is 18.0 Å². The number of aromatic amines is 1. The molecule has 2 aliphatic rings. The number of hydrogen-bond acceptors (Lipinski definition) is 4. The third kappa shape index (κ3) is 3.18. The fourth-order valence-corrected chi connectivity index (χ4v) is 4.24. The van der Waals surface area contributed by atoms with E-state index >= 15 is 0 Å². The van der Waals surface area contributed by atoms with Crippen LogP contribution in [0.1, 0.15) is 46.1 Å². The number of aliphatic carboxylic acids is 1. The first-order valence-electron chi connectivity index (χ1n) is 9.30. The molecule has 0 spiro atoms. The molecule has 2 atom stereocenters. The van der Waals surface area contributed by atoms with Crippen LogP contribution in [0.5, 0.6) is 5.75 Å². The second-order valence-electron chi connectivity index (χ2n) is 7.27. The van der Waals surface area contributed by atoms with E-state index in [2.05, 4.69) is 10.2 Å². The van der Waals surface area contributed by atoms with Crippen molar-refractivity contribution >= 4 is 11.9 Å². The minimum atomic E-state index is -0.887. The SMILES string of the molecule is COc1cccc([C@@H]2CN(C(=O)c3n[nH]c4c3CCCC4)C[C@H]2C(=O)O)c1. The number of methoxy groups -OCH3 is 1. The van der Waals surface area contributed by atoms with Crippen molar-refractivity contribution in [3.63, 3.8) is 0 Å². The lowest BCUT2D eigenvalue weighted by Crippen LogP contribution is -2.31. The lowest BCUT2D eigenvalue weighted by atomic mass is 9.89. The highest BCUT2D eigenvalue weighted by molar-refractivity contribution is 5.95. The quantitative estimate of drug-likeness (QED) is 0.862. The summed E-state index contributed by atoms with van der Waals surface area (Å²) in [5.41, 5.74) is 3.38. The van der Waals surface area contributed by atoms with Crippen molar-refractivity contribution in [2.45, 2.75) is 31.6 Å². The van der Waals surface area contributed by atoms with Crippen molar-refractivity contribution in [3.05, 3.63) is 46.8 Å². The van der Waals surface area contributed by atoms with E-state index < -0.39 is 11.9 Å². The first-order valence-corrected chi connectivity index (χ1v) is 9.30. The van der Waals surface area contributed by atoms with Crippen molar-refractivity contribution < 1.29 is 19.4 Å². The maximum Gasteiger partial charge on any atom is 0.308 e. The van der Waals surface area contributed by atoms with Crippen molar-refractivity contribution in [2.24, 2.45) is 5.92 Å². The zero-order chi connectivity index (χ0) is 19.0. The summed E-state index contributed by atoms with van der Waals surface area (Å²) >= 11 is 0. The minimum Gasteiger partial charge on any atom is -0.497 e. The van der Waals surface area contributed by atoms with Crippen LogP contribution in [0.15, 0.2) is 24.3 Å². The van der Waals surface area contributed by atoms with E-state index in [9.17, 15) is 14.7 Å². The molecule has 1 aliphatic carbocycles. The lowest BCUT2D eigenvalue weighted by Gasteiger charge is -2.17. The molecule has 1 aromatic heterocycles. The number of hydrogen-bond donors (Lipinski definition) is 2. The highest BCUT2D eigenvalue weighted by Crippen LogP contribution is 2.35. The fraction of sp³-hybridized carbons (Fsp3) is 0.450. The van der Waals surface area contributed by atoms with Crippen LogP contribution in [0, 0.1) is 5.92 Å². The Labute approximate surface area is 157 Å². The predicted octanol–water partition coefficient (Wildman–Crippen LogP) is 2.24. The topological polar surface area (TPSA) is 95.5 Å². The van der Waals surface area contributed by atoms with Crippen molar-refractivity contribution in [1.82, 2.24) is 15.1 Å². The Balaban J connectivity index is 1.60. The molecule has 2 heterocycles. The third-order valence-electron chi connectivity index (χ3n) is 5.71. The van der Waals surface area contributed by atoms with Gasteiger partial charge in [0.2, 0.25) is 0 Å². The van der Waals surface area contributed by atoms with Crippen molar-refractivity contribution in [1.29, 1.82) is 0 Å². The summed E-state index contributed by atoms with van der Waals surface area (Å²) in [5, 5.41) is 16.9. The molecule has 7 nitrogen and oxygen atoms in total. The minimum absolute atomic E-state index is 0.175. The van der Waals surface area contributed by atoms with Gasteiger partial charge in [0.1, 0.15) is 5.75 Å². The molecule has 0 radical (unpaired) electrons. The lowest BCUT2D eigenvalue weighted by molar-refractivity contribution is -0.141. The Bertz CT molecular complexity index is 876. The zero-order valence-electron chi connectivity index (χ0n) is 15.3. The number of aryl methyl sites for hydroxylation is 1. The molecule has 2 aromatic rings. The number of ether oxygens (including phenoxy) is 1. The van der Waals surface area contributed by atoms with Crippen LogP contribution in [-0.2, 0) is 17.6 Å². The van der Waals surface area contributed by atoms with Gasteiger partial charge >= 0.3 is 5.97 Å². The average Bonchev–Trinajstić information content (AvgIpc) is 3.32. The van der Waals surface area contributed by atoms with Crippen LogP contribution in [0.25, 0.3) is 0 Å². The van der Waals surface area contributed by atoms with Gasteiger partial charge in [-0.05, 0) is 43.4 Å². The van der Waals surface area contributed by atoms with Crippen LogP contribution in [-0.4, -0.2) is 52.3 Å². The Kier molecular flexibility index (Phi) is 4.59. The standard InChI is InChI=1S/C20H23N3O4/c1-27-13-6-4-5-12(9-13)15-10-23(11-16(15)20(25)26)19(24)18-14-7-2-3-8-17(14)21-22-18/h4-6,9,15-16H,2-3,7-8,10-11H2,1H3,(H,21,22)(H,25,26)/t15-,16+/m0/s1. The summed E-state index contributed by atoms with van der Waals surface area (Å²) in [6.07, 6.45) is 3.92. The monoisotopic (exact) mass is 369 g/mol. The van der Waals surface area contributed by atoms with Gasteiger partial charge in [0.05, 0.1) is 13.0 Å². The second-order valence-corrected chi connectivity index (χ2v) is 7.27. The number of nitrogens with one attached hydrogen (secondary N) is 1. The van der Waals surface area contributed by atoms with Crippen molar-refractivity contribution in [3.8, 4) is 5.75 Å². The molecule has 0 unspecified atom stereocenters. The smallest absolute Gasteiger partial charge is 0.308 e. The van der Waals surface area contributed by atoms with E-state index in [0.717, 1.165) is 42.5 Å². The predicted molar refractivity (Wildman–Crippen MR) is 98.0 cm³/mol. The number of aromatic nitrogens is 2. The van der Waals surface area contributed by atoms with Gasteiger partial charge in [-0.25, -0.2) is 0 Å². The number of nitrogens with zero attached hydrogens (tertiary/aromatic N) is 2. The number of carboxylic acids is 1. The molecule has 1 saturated heterocycles. The molecule has 27 heavy (non-hydrogen) atoms. The van der Waals surface area contributed by atoms with Crippen LogP contribution in [0.3, 0.4) is 0 Å². The number of carbonyl (C=O) groups is 2. The summed E-state index contributed by atoms with van der Waals surface area (Å²) in [6.45, 7) is 0.558. The van der Waals surface area contributed by atoms with Crippen LogP contribution < -0.4 is 4.74 Å². The maximum absolute atomic E-state index is 13.1. The summed E-state index contributed by atoms with van der Waals surface area (Å²) in [7, 11) is 1.58. The number of likely N-dealkylation sites (tertiary alicyclic amines) is 1. The molecule has 0 bridgehead atoms.